The fourth-order valence-corrected chi connectivity index (χ4v) is 4.14. The van der Waals surface area contributed by atoms with Crippen LogP contribution in [0.1, 0.15) is 36.1 Å². The molecule has 1 fully saturated rings. The monoisotopic (exact) mass is 355 g/mol. The first-order chi connectivity index (χ1) is 12.7. The third-order valence-corrected chi connectivity index (χ3v) is 5.65. The summed E-state index contributed by atoms with van der Waals surface area (Å²) in [4.78, 5) is 14.6. The van der Waals surface area contributed by atoms with Gasteiger partial charge in [0.05, 0.1) is 25.6 Å². The molecule has 26 heavy (non-hydrogen) atoms. The summed E-state index contributed by atoms with van der Waals surface area (Å²) in [5.41, 5.74) is 3.16. The highest BCUT2D eigenvalue weighted by Gasteiger charge is 2.42. The van der Waals surface area contributed by atoms with Gasteiger partial charge in [0.1, 0.15) is 11.4 Å². The maximum atomic E-state index is 12.7. The van der Waals surface area contributed by atoms with Gasteiger partial charge in [-0.1, -0.05) is 18.2 Å². The first-order valence-electron chi connectivity index (χ1n) is 9.28. The van der Waals surface area contributed by atoms with E-state index in [1.165, 1.54) is 5.56 Å². The van der Waals surface area contributed by atoms with E-state index >= 15 is 0 Å². The molecular weight excluding hydrogens is 330 g/mol. The molecular formula is C20H25N3O3. The molecule has 3 heterocycles. The summed E-state index contributed by atoms with van der Waals surface area (Å²) in [7, 11) is 1.67. The average Bonchev–Trinajstić information content (AvgIpc) is 3.17. The fraction of sp³-hybridized carbons (Fsp3) is 0.500. The van der Waals surface area contributed by atoms with Crippen molar-refractivity contribution in [3.05, 3.63) is 47.3 Å². The fourth-order valence-electron chi connectivity index (χ4n) is 4.14. The Morgan fingerprint density at radius 1 is 1.35 bits per heavy atom. The second kappa shape index (κ2) is 7.11. The number of amides is 1. The molecule has 0 bridgehead atoms. The third kappa shape index (κ3) is 3.09. The van der Waals surface area contributed by atoms with Gasteiger partial charge in [0, 0.05) is 19.5 Å². The maximum absolute atomic E-state index is 12.7. The number of hydrogen-bond acceptors (Lipinski definition) is 4. The standard InChI is InChI=1S/C20H25N3O3/c1-25-17-5-3-2-4-15(17)6-7-18(24)23-11-9-20(10-12-23)19-16(8-13-26-20)14-21-22-19/h2-5,14H,6-13H2,1H3,(H,21,22). The molecule has 0 aliphatic carbocycles. The Morgan fingerprint density at radius 2 is 2.15 bits per heavy atom. The van der Waals surface area contributed by atoms with Gasteiger partial charge in [-0.2, -0.15) is 5.10 Å². The summed E-state index contributed by atoms with van der Waals surface area (Å²) in [6, 6.07) is 7.89. The molecule has 1 spiro atoms. The van der Waals surface area contributed by atoms with Crippen molar-refractivity contribution in [3.8, 4) is 5.75 Å². The minimum atomic E-state index is -0.288. The van der Waals surface area contributed by atoms with Crippen LogP contribution in [-0.4, -0.2) is 47.8 Å². The van der Waals surface area contributed by atoms with Gasteiger partial charge < -0.3 is 14.4 Å². The second-order valence-corrected chi connectivity index (χ2v) is 7.06. The predicted octanol–water partition coefficient (Wildman–Crippen LogP) is 2.44. The number of methoxy groups -OCH3 is 1. The lowest BCUT2D eigenvalue weighted by molar-refractivity contribution is -0.141. The average molecular weight is 355 g/mol. The number of aryl methyl sites for hydroxylation is 1. The number of fused-ring (bicyclic) bond motifs is 2. The molecule has 0 atom stereocenters. The zero-order valence-electron chi connectivity index (χ0n) is 15.2. The van der Waals surface area contributed by atoms with Crippen LogP contribution in [-0.2, 0) is 28.0 Å². The normalized spacial score (nSPS) is 18.6. The highest BCUT2D eigenvalue weighted by atomic mass is 16.5. The number of nitrogens with zero attached hydrogens (tertiary/aromatic N) is 2. The SMILES string of the molecule is COc1ccccc1CCC(=O)N1CCC2(CC1)OCCc1cn[nH]c12. The Balaban J connectivity index is 1.36. The Labute approximate surface area is 153 Å². The molecule has 2 aromatic rings. The Morgan fingerprint density at radius 3 is 2.96 bits per heavy atom. The van der Waals surface area contributed by atoms with Gasteiger partial charge in [0.15, 0.2) is 0 Å². The van der Waals surface area contributed by atoms with Crippen LogP contribution in [0.4, 0.5) is 0 Å². The van der Waals surface area contributed by atoms with Crippen molar-refractivity contribution in [2.45, 2.75) is 37.7 Å². The number of para-hydroxylation sites is 1. The molecule has 1 aromatic heterocycles. The van der Waals surface area contributed by atoms with Crippen molar-refractivity contribution in [2.75, 3.05) is 26.8 Å². The first-order valence-corrected chi connectivity index (χ1v) is 9.28. The summed E-state index contributed by atoms with van der Waals surface area (Å²) in [5.74, 6) is 1.05. The molecule has 0 unspecified atom stereocenters. The van der Waals surface area contributed by atoms with E-state index in [0.717, 1.165) is 56.0 Å². The molecule has 0 radical (unpaired) electrons. The van der Waals surface area contributed by atoms with Crippen molar-refractivity contribution < 1.29 is 14.3 Å². The van der Waals surface area contributed by atoms with E-state index in [1.807, 2.05) is 35.4 Å². The lowest BCUT2D eigenvalue weighted by Crippen LogP contribution is -2.48. The van der Waals surface area contributed by atoms with Crippen LogP contribution in [0.25, 0.3) is 0 Å². The van der Waals surface area contributed by atoms with E-state index in [0.29, 0.717) is 12.8 Å². The molecule has 1 saturated heterocycles. The number of carbonyl (C=O) groups is 1. The molecule has 0 saturated carbocycles. The number of piperidine rings is 1. The number of benzene rings is 1. The van der Waals surface area contributed by atoms with E-state index in [-0.39, 0.29) is 11.5 Å². The largest absolute Gasteiger partial charge is 0.496 e. The van der Waals surface area contributed by atoms with Gasteiger partial charge in [-0.15, -0.1) is 0 Å². The first kappa shape index (κ1) is 17.1. The van der Waals surface area contributed by atoms with E-state index < -0.39 is 0 Å². The maximum Gasteiger partial charge on any atom is 0.222 e. The Bertz CT molecular complexity index is 778. The number of ether oxygens (including phenoxy) is 2. The van der Waals surface area contributed by atoms with Gasteiger partial charge in [-0.25, -0.2) is 0 Å². The minimum Gasteiger partial charge on any atom is -0.496 e. The molecule has 6 nitrogen and oxygen atoms in total. The van der Waals surface area contributed by atoms with Crippen LogP contribution in [0.3, 0.4) is 0 Å². The lowest BCUT2D eigenvalue weighted by atomic mass is 9.83. The number of carbonyl (C=O) groups excluding carboxylic acids is 1. The van der Waals surface area contributed by atoms with Crippen LogP contribution in [0, 0.1) is 0 Å². The topological polar surface area (TPSA) is 67.4 Å². The number of rotatable bonds is 4. The minimum absolute atomic E-state index is 0.200. The highest BCUT2D eigenvalue weighted by Crippen LogP contribution is 2.40. The van der Waals surface area contributed by atoms with E-state index in [9.17, 15) is 4.79 Å². The summed E-state index contributed by atoms with van der Waals surface area (Å²) in [6.45, 7) is 2.18. The Hall–Kier alpha value is -2.34. The number of aromatic nitrogens is 2. The van der Waals surface area contributed by atoms with Crippen molar-refractivity contribution in [1.29, 1.82) is 0 Å². The second-order valence-electron chi connectivity index (χ2n) is 7.06. The molecule has 1 aromatic carbocycles. The summed E-state index contributed by atoms with van der Waals surface area (Å²) < 4.78 is 11.5. The molecule has 4 rings (SSSR count). The van der Waals surface area contributed by atoms with E-state index in [1.54, 1.807) is 7.11 Å². The number of hydrogen-bond donors (Lipinski definition) is 1. The zero-order chi connectivity index (χ0) is 18.0. The Kier molecular flexibility index (Phi) is 4.68. The lowest BCUT2D eigenvalue weighted by Gasteiger charge is -2.43. The zero-order valence-corrected chi connectivity index (χ0v) is 15.2. The molecule has 2 aliphatic rings. The van der Waals surface area contributed by atoms with E-state index in [4.69, 9.17) is 9.47 Å². The van der Waals surface area contributed by atoms with Gasteiger partial charge in [-0.05, 0) is 42.9 Å². The van der Waals surface area contributed by atoms with Crippen molar-refractivity contribution >= 4 is 5.91 Å². The smallest absolute Gasteiger partial charge is 0.222 e. The molecule has 2 aliphatic heterocycles. The van der Waals surface area contributed by atoms with Gasteiger partial charge in [0.25, 0.3) is 0 Å². The van der Waals surface area contributed by atoms with Crippen molar-refractivity contribution in [1.82, 2.24) is 15.1 Å². The molecule has 138 valence electrons. The van der Waals surface area contributed by atoms with Crippen molar-refractivity contribution in [3.63, 3.8) is 0 Å². The van der Waals surface area contributed by atoms with E-state index in [2.05, 4.69) is 10.2 Å². The highest BCUT2D eigenvalue weighted by molar-refractivity contribution is 5.76. The number of likely N-dealkylation sites (tertiary alicyclic amines) is 1. The van der Waals surface area contributed by atoms with Crippen LogP contribution in [0.5, 0.6) is 5.75 Å². The quantitative estimate of drug-likeness (QED) is 0.915. The third-order valence-electron chi connectivity index (χ3n) is 5.65. The van der Waals surface area contributed by atoms with Gasteiger partial charge >= 0.3 is 0 Å². The number of aromatic amines is 1. The summed E-state index contributed by atoms with van der Waals surface area (Å²) in [6.07, 6.45) is 5.67. The summed E-state index contributed by atoms with van der Waals surface area (Å²) in [5, 5.41) is 7.32. The number of H-pyrrole nitrogens is 1. The van der Waals surface area contributed by atoms with Crippen LogP contribution in [0.15, 0.2) is 30.5 Å². The number of nitrogens with one attached hydrogen (secondary N) is 1. The predicted molar refractivity (Wildman–Crippen MR) is 97.1 cm³/mol. The summed E-state index contributed by atoms with van der Waals surface area (Å²) >= 11 is 0. The van der Waals surface area contributed by atoms with Gasteiger partial charge in [-0.3, -0.25) is 9.89 Å². The van der Waals surface area contributed by atoms with Crippen LogP contribution < -0.4 is 4.74 Å². The van der Waals surface area contributed by atoms with Crippen LogP contribution in [0.2, 0.25) is 0 Å². The molecule has 1 amide bonds. The van der Waals surface area contributed by atoms with Gasteiger partial charge in [0.2, 0.25) is 5.91 Å². The molecule has 1 N–H and O–H groups in total. The van der Waals surface area contributed by atoms with Crippen LogP contribution >= 0.6 is 0 Å². The van der Waals surface area contributed by atoms with Crippen molar-refractivity contribution in [2.24, 2.45) is 0 Å². The molecule has 6 heteroatoms.